The van der Waals surface area contributed by atoms with Crippen LogP contribution < -0.4 is 14.4 Å². The van der Waals surface area contributed by atoms with Crippen molar-refractivity contribution in [3.63, 3.8) is 0 Å². The molecule has 2 aromatic carbocycles. The van der Waals surface area contributed by atoms with Crippen molar-refractivity contribution in [3.8, 4) is 11.5 Å². The summed E-state index contributed by atoms with van der Waals surface area (Å²) in [7, 11) is 0. The number of rotatable bonds is 2. The Morgan fingerprint density at radius 3 is 2.69 bits per heavy atom. The van der Waals surface area contributed by atoms with E-state index in [0.717, 1.165) is 4.90 Å². The summed E-state index contributed by atoms with van der Waals surface area (Å²) in [6.07, 6.45) is -0.987. The SMILES string of the molecule is O=C1C2ON=C(c3ccccc3Cl)C2C(=O)N1c1ccc2c(c1)OCO2. The number of nitrogens with zero attached hydrogens (tertiary/aromatic N) is 2. The Kier molecular flexibility index (Phi) is 3.20. The van der Waals surface area contributed by atoms with Crippen molar-refractivity contribution in [1.29, 1.82) is 0 Å². The highest BCUT2D eigenvalue weighted by Crippen LogP contribution is 2.40. The molecule has 8 heteroatoms. The molecule has 3 heterocycles. The van der Waals surface area contributed by atoms with E-state index in [1.54, 1.807) is 42.5 Å². The van der Waals surface area contributed by atoms with Gasteiger partial charge in [-0.3, -0.25) is 9.59 Å². The molecule has 3 aliphatic rings. The van der Waals surface area contributed by atoms with Gasteiger partial charge in [-0.2, -0.15) is 0 Å². The number of anilines is 1. The first-order valence-electron chi connectivity index (χ1n) is 7.91. The molecule has 130 valence electrons. The van der Waals surface area contributed by atoms with Crippen molar-refractivity contribution in [2.45, 2.75) is 6.10 Å². The average molecular weight is 371 g/mol. The minimum Gasteiger partial charge on any atom is -0.454 e. The Morgan fingerprint density at radius 2 is 1.85 bits per heavy atom. The highest BCUT2D eigenvalue weighted by atomic mass is 35.5. The smallest absolute Gasteiger partial charge is 0.278 e. The van der Waals surface area contributed by atoms with Crippen LogP contribution in [0.25, 0.3) is 0 Å². The molecule has 0 N–H and O–H groups in total. The van der Waals surface area contributed by atoms with E-state index in [2.05, 4.69) is 5.16 Å². The molecule has 0 spiro atoms. The molecule has 2 unspecified atom stereocenters. The Bertz CT molecular complexity index is 989. The highest BCUT2D eigenvalue weighted by Gasteiger charge is 2.56. The van der Waals surface area contributed by atoms with Crippen molar-refractivity contribution in [2.24, 2.45) is 11.1 Å². The Morgan fingerprint density at radius 1 is 1.04 bits per heavy atom. The van der Waals surface area contributed by atoms with Crippen LogP contribution in [0.1, 0.15) is 5.56 Å². The van der Waals surface area contributed by atoms with Gasteiger partial charge in [0.2, 0.25) is 18.8 Å². The average Bonchev–Trinajstić information content (AvgIpc) is 3.33. The molecular weight excluding hydrogens is 360 g/mol. The van der Waals surface area contributed by atoms with Crippen LogP contribution in [0.4, 0.5) is 5.69 Å². The fraction of sp³-hybridized carbons (Fsp3) is 0.167. The number of amides is 2. The largest absolute Gasteiger partial charge is 0.454 e. The van der Waals surface area contributed by atoms with Crippen molar-refractivity contribution in [2.75, 3.05) is 11.7 Å². The van der Waals surface area contributed by atoms with Crippen LogP contribution in [-0.4, -0.2) is 30.4 Å². The Hall–Kier alpha value is -3.06. The lowest BCUT2D eigenvalue weighted by Gasteiger charge is -2.16. The number of halogens is 1. The molecule has 0 saturated carbocycles. The lowest BCUT2D eigenvalue weighted by molar-refractivity contribution is -0.126. The number of carbonyl (C=O) groups is 2. The molecule has 7 nitrogen and oxygen atoms in total. The lowest BCUT2D eigenvalue weighted by Crippen LogP contribution is -2.33. The van der Waals surface area contributed by atoms with Crippen LogP contribution in [0.15, 0.2) is 47.6 Å². The molecule has 0 aromatic heterocycles. The third-order valence-electron chi connectivity index (χ3n) is 4.58. The molecule has 0 bridgehead atoms. The van der Waals surface area contributed by atoms with Crippen LogP contribution in [0.3, 0.4) is 0 Å². The maximum atomic E-state index is 13.0. The van der Waals surface area contributed by atoms with Gasteiger partial charge in [-0.05, 0) is 18.2 Å². The summed E-state index contributed by atoms with van der Waals surface area (Å²) in [5.74, 6) is -0.642. The standard InChI is InChI=1S/C18H11ClN2O5/c19-11-4-2-1-3-10(11)15-14-16(26-20-15)18(23)21(17(14)22)9-5-6-12-13(7-9)25-8-24-12/h1-7,14,16H,8H2. The summed E-state index contributed by atoms with van der Waals surface area (Å²) in [5, 5.41) is 4.40. The molecule has 2 atom stereocenters. The number of hydrogen-bond acceptors (Lipinski definition) is 6. The first kappa shape index (κ1) is 15.2. The normalized spacial score (nSPS) is 23.1. The topological polar surface area (TPSA) is 77.4 Å². The van der Waals surface area contributed by atoms with E-state index in [-0.39, 0.29) is 6.79 Å². The van der Waals surface area contributed by atoms with Gasteiger partial charge >= 0.3 is 0 Å². The zero-order valence-electron chi connectivity index (χ0n) is 13.2. The van der Waals surface area contributed by atoms with E-state index >= 15 is 0 Å². The fourth-order valence-electron chi connectivity index (χ4n) is 3.35. The predicted molar refractivity (Wildman–Crippen MR) is 91.4 cm³/mol. The second-order valence-electron chi connectivity index (χ2n) is 6.01. The van der Waals surface area contributed by atoms with Crippen molar-refractivity contribution in [1.82, 2.24) is 0 Å². The maximum Gasteiger partial charge on any atom is 0.278 e. The van der Waals surface area contributed by atoms with E-state index in [9.17, 15) is 9.59 Å². The third kappa shape index (κ3) is 2.04. The highest BCUT2D eigenvalue weighted by molar-refractivity contribution is 6.38. The fourth-order valence-corrected chi connectivity index (χ4v) is 3.58. The molecular formula is C18H11ClN2O5. The van der Waals surface area contributed by atoms with E-state index in [4.69, 9.17) is 25.9 Å². The van der Waals surface area contributed by atoms with E-state index < -0.39 is 23.8 Å². The van der Waals surface area contributed by atoms with E-state index in [1.165, 1.54) is 0 Å². The summed E-state index contributed by atoms with van der Waals surface area (Å²) in [6, 6.07) is 11.9. The minimum absolute atomic E-state index is 0.109. The van der Waals surface area contributed by atoms with Crippen molar-refractivity contribution >= 4 is 34.8 Å². The van der Waals surface area contributed by atoms with Crippen LogP contribution in [0.5, 0.6) is 11.5 Å². The number of fused-ring (bicyclic) bond motifs is 2. The molecule has 2 amide bonds. The molecule has 1 saturated heterocycles. The van der Waals surface area contributed by atoms with Crippen molar-refractivity contribution < 1.29 is 23.9 Å². The predicted octanol–water partition coefficient (Wildman–Crippen LogP) is 2.36. The van der Waals surface area contributed by atoms with Crippen LogP contribution in [-0.2, 0) is 14.4 Å². The summed E-state index contributed by atoms with van der Waals surface area (Å²) in [5.41, 5.74) is 1.35. The number of carbonyl (C=O) groups excluding carboxylic acids is 2. The number of imide groups is 1. The molecule has 5 rings (SSSR count). The van der Waals surface area contributed by atoms with E-state index in [0.29, 0.717) is 33.5 Å². The Balaban J connectivity index is 1.53. The second-order valence-corrected chi connectivity index (χ2v) is 6.42. The summed E-state index contributed by atoms with van der Waals surface area (Å²) >= 11 is 6.22. The van der Waals surface area contributed by atoms with E-state index in [1.807, 2.05) is 0 Å². The second kappa shape index (κ2) is 5.47. The van der Waals surface area contributed by atoms with Gasteiger partial charge in [0.15, 0.2) is 11.5 Å². The summed E-state index contributed by atoms with van der Waals surface area (Å²) < 4.78 is 10.6. The lowest BCUT2D eigenvalue weighted by atomic mass is 9.94. The molecule has 0 radical (unpaired) electrons. The zero-order chi connectivity index (χ0) is 17.8. The maximum absolute atomic E-state index is 13.0. The summed E-state index contributed by atoms with van der Waals surface area (Å²) in [6.45, 7) is 0.109. The molecule has 2 aromatic rings. The van der Waals surface area contributed by atoms with Gasteiger partial charge in [0.1, 0.15) is 11.6 Å². The van der Waals surface area contributed by atoms with Gasteiger partial charge in [0.25, 0.3) is 5.91 Å². The minimum atomic E-state index is -0.987. The van der Waals surface area contributed by atoms with Crippen LogP contribution in [0.2, 0.25) is 5.02 Å². The van der Waals surface area contributed by atoms with Gasteiger partial charge in [-0.1, -0.05) is 35.0 Å². The first-order chi connectivity index (χ1) is 12.6. The van der Waals surface area contributed by atoms with Gasteiger partial charge < -0.3 is 14.3 Å². The molecule has 0 aliphatic carbocycles. The quantitative estimate of drug-likeness (QED) is 0.758. The van der Waals surface area contributed by atoms with Crippen LogP contribution in [0, 0.1) is 5.92 Å². The molecule has 26 heavy (non-hydrogen) atoms. The number of ether oxygens (including phenoxy) is 2. The monoisotopic (exact) mass is 370 g/mol. The van der Waals surface area contributed by atoms with Crippen molar-refractivity contribution in [3.05, 3.63) is 53.1 Å². The number of oxime groups is 1. The van der Waals surface area contributed by atoms with Gasteiger partial charge in [-0.25, -0.2) is 4.90 Å². The third-order valence-corrected chi connectivity index (χ3v) is 4.91. The van der Waals surface area contributed by atoms with Crippen LogP contribution >= 0.6 is 11.6 Å². The Labute approximate surface area is 152 Å². The first-order valence-corrected chi connectivity index (χ1v) is 8.29. The summed E-state index contributed by atoms with van der Waals surface area (Å²) in [4.78, 5) is 32.2. The van der Waals surface area contributed by atoms with Gasteiger partial charge in [0, 0.05) is 16.7 Å². The van der Waals surface area contributed by atoms with Gasteiger partial charge in [-0.15, -0.1) is 0 Å². The molecule has 1 fully saturated rings. The number of hydrogen-bond donors (Lipinski definition) is 0. The number of benzene rings is 2. The molecule has 3 aliphatic heterocycles. The zero-order valence-corrected chi connectivity index (χ0v) is 14.0. The van der Waals surface area contributed by atoms with Gasteiger partial charge in [0.05, 0.1) is 5.69 Å².